The minimum Gasteiger partial charge on any atom is -0.507 e. The number of aryl methyl sites for hydroxylation is 1. The number of aromatic hydroxyl groups is 1. The van der Waals surface area contributed by atoms with Crippen LogP contribution in [-0.2, 0) is 0 Å². The smallest absolute Gasteiger partial charge is 0.127 e. The second kappa shape index (κ2) is 4.99. The van der Waals surface area contributed by atoms with Crippen LogP contribution in [0.25, 0.3) is 0 Å². The number of aliphatic imine (C=N–C) groups is 1. The summed E-state index contributed by atoms with van der Waals surface area (Å²) in [6, 6.07) is 6.34. The number of para-hydroxylation sites is 1. The Balaban J connectivity index is 1.79. The van der Waals surface area contributed by atoms with E-state index in [0.29, 0.717) is 17.2 Å². The van der Waals surface area contributed by atoms with Crippen LogP contribution in [0.2, 0.25) is 0 Å². The van der Waals surface area contributed by atoms with Crippen LogP contribution < -0.4 is 0 Å². The van der Waals surface area contributed by atoms with E-state index in [4.69, 9.17) is 4.99 Å². The Labute approximate surface area is 115 Å². The lowest BCUT2D eigenvalue weighted by molar-refractivity contribution is 0.0534. The molecule has 1 aromatic rings. The van der Waals surface area contributed by atoms with Crippen LogP contribution in [0.5, 0.6) is 5.75 Å². The first-order chi connectivity index (χ1) is 9.21. The highest BCUT2D eigenvalue weighted by Gasteiger charge is 2.44. The molecule has 0 heterocycles. The summed E-state index contributed by atoms with van der Waals surface area (Å²) >= 11 is 0. The molecule has 2 heteroatoms. The summed E-state index contributed by atoms with van der Waals surface area (Å²) in [5, 5.41) is 10.0. The second-order valence-electron chi connectivity index (χ2n) is 6.27. The van der Waals surface area contributed by atoms with Gasteiger partial charge in [0.25, 0.3) is 0 Å². The largest absolute Gasteiger partial charge is 0.507 e. The fraction of sp³-hybridized carbons (Fsp3) is 0.588. The third-order valence-electron chi connectivity index (χ3n) is 5.12. The fourth-order valence-corrected chi connectivity index (χ4v) is 3.69. The molecule has 2 aliphatic carbocycles. The third-order valence-corrected chi connectivity index (χ3v) is 5.12. The van der Waals surface area contributed by atoms with Gasteiger partial charge in [0.05, 0.1) is 6.04 Å². The van der Waals surface area contributed by atoms with Crippen molar-refractivity contribution in [1.82, 2.24) is 0 Å². The molecule has 1 unspecified atom stereocenters. The normalized spacial score (nSPS) is 25.6. The summed E-state index contributed by atoms with van der Waals surface area (Å²) in [7, 11) is 0. The second-order valence-corrected chi connectivity index (χ2v) is 6.27. The van der Waals surface area contributed by atoms with E-state index in [0.717, 1.165) is 11.1 Å². The minimum absolute atomic E-state index is 0.379. The summed E-state index contributed by atoms with van der Waals surface area (Å²) in [5.41, 5.74) is 2.29. The van der Waals surface area contributed by atoms with Crippen molar-refractivity contribution in [1.29, 1.82) is 0 Å². The van der Waals surface area contributed by atoms with Crippen LogP contribution >= 0.6 is 0 Å². The molecule has 2 saturated carbocycles. The molecule has 0 saturated heterocycles. The van der Waals surface area contributed by atoms with Crippen molar-refractivity contribution in [2.45, 2.75) is 57.9 Å². The van der Waals surface area contributed by atoms with E-state index in [9.17, 15) is 5.11 Å². The molecule has 1 aromatic carbocycles. The van der Waals surface area contributed by atoms with E-state index >= 15 is 0 Å². The van der Waals surface area contributed by atoms with E-state index in [2.05, 4.69) is 0 Å². The van der Waals surface area contributed by atoms with E-state index in [-0.39, 0.29) is 0 Å². The lowest BCUT2D eigenvalue weighted by atomic mass is 9.58. The Hall–Kier alpha value is -1.31. The van der Waals surface area contributed by atoms with Gasteiger partial charge < -0.3 is 5.11 Å². The predicted octanol–water partition coefficient (Wildman–Crippen LogP) is 4.23. The summed E-state index contributed by atoms with van der Waals surface area (Å²) in [6.07, 6.45) is 11.3. The van der Waals surface area contributed by atoms with Crippen LogP contribution in [0.3, 0.4) is 0 Å². The van der Waals surface area contributed by atoms with Crippen molar-refractivity contribution < 1.29 is 5.11 Å². The Morgan fingerprint density at radius 2 is 2.00 bits per heavy atom. The van der Waals surface area contributed by atoms with Gasteiger partial charge in [0.15, 0.2) is 0 Å². The van der Waals surface area contributed by atoms with Gasteiger partial charge in [0.1, 0.15) is 5.75 Å². The Morgan fingerprint density at radius 1 is 1.21 bits per heavy atom. The molecule has 3 rings (SSSR count). The Kier molecular flexibility index (Phi) is 3.34. The molecular weight excluding hydrogens is 234 g/mol. The number of phenols is 1. The molecule has 0 aromatic heterocycles. The zero-order valence-electron chi connectivity index (χ0n) is 11.7. The molecule has 1 spiro atoms. The van der Waals surface area contributed by atoms with Gasteiger partial charge in [0, 0.05) is 11.8 Å². The molecule has 2 fully saturated rings. The van der Waals surface area contributed by atoms with Gasteiger partial charge in [-0.1, -0.05) is 31.4 Å². The SMILES string of the molecule is Cc1cccc(C=NC2CCCCC23CCC3)c1O. The van der Waals surface area contributed by atoms with Gasteiger partial charge in [-0.15, -0.1) is 0 Å². The zero-order valence-corrected chi connectivity index (χ0v) is 11.7. The highest BCUT2D eigenvalue weighted by Crippen LogP contribution is 2.52. The van der Waals surface area contributed by atoms with Gasteiger partial charge in [-0.3, -0.25) is 4.99 Å². The maximum atomic E-state index is 10.0. The Morgan fingerprint density at radius 3 is 2.74 bits per heavy atom. The molecule has 102 valence electrons. The first-order valence-corrected chi connectivity index (χ1v) is 7.53. The predicted molar refractivity (Wildman–Crippen MR) is 79.0 cm³/mol. The molecule has 19 heavy (non-hydrogen) atoms. The van der Waals surface area contributed by atoms with Gasteiger partial charge in [-0.2, -0.15) is 0 Å². The molecule has 0 aliphatic heterocycles. The maximum Gasteiger partial charge on any atom is 0.127 e. The minimum atomic E-state index is 0.379. The van der Waals surface area contributed by atoms with Crippen LogP contribution in [0.1, 0.15) is 56.1 Å². The van der Waals surface area contributed by atoms with Crippen molar-refractivity contribution in [2.75, 3.05) is 0 Å². The standard InChI is InChI=1S/C17H23NO/c1-13-6-4-7-14(16(13)19)12-18-15-8-2-3-9-17(15)10-5-11-17/h4,6-7,12,15,19H,2-3,5,8-11H2,1H3. The highest BCUT2D eigenvalue weighted by molar-refractivity contribution is 5.84. The average Bonchev–Trinajstić information content (AvgIpc) is 2.39. The first-order valence-electron chi connectivity index (χ1n) is 7.53. The topological polar surface area (TPSA) is 32.6 Å². The highest BCUT2D eigenvalue weighted by atomic mass is 16.3. The van der Waals surface area contributed by atoms with Crippen molar-refractivity contribution in [3.8, 4) is 5.75 Å². The van der Waals surface area contributed by atoms with Crippen molar-refractivity contribution in [2.24, 2.45) is 10.4 Å². The lowest BCUT2D eigenvalue weighted by Gasteiger charge is -2.49. The van der Waals surface area contributed by atoms with Crippen molar-refractivity contribution in [3.05, 3.63) is 29.3 Å². The summed E-state index contributed by atoms with van der Waals surface area (Å²) in [6.45, 7) is 1.93. The van der Waals surface area contributed by atoms with Crippen molar-refractivity contribution >= 4 is 6.21 Å². The molecular formula is C17H23NO. The maximum absolute atomic E-state index is 10.0. The summed E-state index contributed by atoms with van der Waals surface area (Å²) < 4.78 is 0. The fourth-order valence-electron chi connectivity index (χ4n) is 3.69. The van der Waals surface area contributed by atoms with Crippen molar-refractivity contribution in [3.63, 3.8) is 0 Å². The molecule has 2 nitrogen and oxygen atoms in total. The molecule has 0 amide bonds. The summed E-state index contributed by atoms with van der Waals surface area (Å²) in [4.78, 5) is 4.85. The lowest BCUT2D eigenvalue weighted by Crippen LogP contribution is -2.42. The van der Waals surface area contributed by atoms with Gasteiger partial charge >= 0.3 is 0 Å². The number of nitrogens with zero attached hydrogens (tertiary/aromatic N) is 1. The number of hydrogen-bond acceptors (Lipinski definition) is 2. The molecule has 1 N–H and O–H groups in total. The number of rotatable bonds is 2. The average molecular weight is 257 g/mol. The van der Waals surface area contributed by atoms with Crippen LogP contribution in [0.4, 0.5) is 0 Å². The molecule has 0 bridgehead atoms. The number of hydrogen-bond donors (Lipinski definition) is 1. The first kappa shape index (κ1) is 12.7. The van der Waals surface area contributed by atoms with E-state index in [1.807, 2.05) is 31.3 Å². The van der Waals surface area contributed by atoms with E-state index in [1.165, 1.54) is 44.9 Å². The monoisotopic (exact) mass is 257 g/mol. The summed E-state index contributed by atoms with van der Waals surface area (Å²) in [5.74, 6) is 0.379. The number of benzene rings is 1. The quantitative estimate of drug-likeness (QED) is 0.790. The zero-order chi connectivity index (χ0) is 13.3. The van der Waals surface area contributed by atoms with Crippen LogP contribution in [-0.4, -0.2) is 17.4 Å². The Bertz CT molecular complexity index is 488. The molecule has 0 radical (unpaired) electrons. The van der Waals surface area contributed by atoms with E-state index < -0.39 is 0 Å². The van der Waals surface area contributed by atoms with Crippen LogP contribution in [0.15, 0.2) is 23.2 Å². The van der Waals surface area contributed by atoms with Gasteiger partial charge in [-0.05, 0) is 49.7 Å². The number of phenolic OH excluding ortho intramolecular Hbond substituents is 1. The molecule has 1 atom stereocenters. The van der Waals surface area contributed by atoms with Crippen LogP contribution in [0, 0.1) is 12.3 Å². The van der Waals surface area contributed by atoms with Gasteiger partial charge in [0.2, 0.25) is 0 Å². The molecule has 2 aliphatic rings. The van der Waals surface area contributed by atoms with Gasteiger partial charge in [-0.25, -0.2) is 0 Å². The third kappa shape index (κ3) is 2.29. The van der Waals surface area contributed by atoms with E-state index in [1.54, 1.807) is 0 Å².